The molecule has 3 aromatic heterocycles. The highest BCUT2D eigenvalue weighted by atomic mass is 32.2. The predicted molar refractivity (Wildman–Crippen MR) is 142 cm³/mol. The number of hydrogen-bond donors (Lipinski definition) is 2. The fraction of sp³-hybridized carbons (Fsp3) is 0.185. The molecule has 5 rings (SSSR count). The lowest BCUT2D eigenvalue weighted by molar-refractivity contribution is 0.102. The quantitative estimate of drug-likeness (QED) is 0.349. The molecule has 1 saturated heterocycles. The van der Waals surface area contributed by atoms with Crippen molar-refractivity contribution in [2.24, 2.45) is 0 Å². The highest BCUT2D eigenvalue weighted by Gasteiger charge is 2.26. The number of benzene rings is 1. The van der Waals surface area contributed by atoms with Gasteiger partial charge in [0.25, 0.3) is 5.91 Å². The Labute approximate surface area is 219 Å². The summed E-state index contributed by atoms with van der Waals surface area (Å²) in [4.78, 5) is 25.6. The first-order valence-corrected chi connectivity index (χ1v) is 13.5. The number of hydrogen-bond acceptors (Lipinski definition) is 7. The fourth-order valence-corrected chi connectivity index (χ4v) is 5.65. The third kappa shape index (κ3) is 5.68. The fourth-order valence-electron chi connectivity index (χ4n) is 4.19. The minimum absolute atomic E-state index is 0.136. The van der Waals surface area contributed by atoms with Crippen LogP contribution in [-0.4, -0.2) is 46.7 Å². The molecule has 1 amide bonds. The summed E-state index contributed by atoms with van der Waals surface area (Å²) in [5.41, 5.74) is 1.65. The van der Waals surface area contributed by atoms with Gasteiger partial charge in [0.05, 0.1) is 11.9 Å². The Hall–Kier alpha value is -4.22. The molecule has 0 spiro atoms. The number of carbonyl (C=O) groups excluding carboxylic acids is 1. The Balaban J connectivity index is 1.27. The molecule has 4 aromatic rings. The van der Waals surface area contributed by atoms with E-state index in [1.165, 1.54) is 41.2 Å². The van der Waals surface area contributed by atoms with Crippen LogP contribution < -0.4 is 10.6 Å². The summed E-state index contributed by atoms with van der Waals surface area (Å²) in [6, 6.07) is 14.1. The van der Waals surface area contributed by atoms with Crippen LogP contribution in [0.5, 0.6) is 0 Å². The minimum atomic E-state index is -3.57. The summed E-state index contributed by atoms with van der Waals surface area (Å²) in [6.07, 6.45) is 8.54. The molecule has 4 heterocycles. The molecule has 1 aliphatic rings. The van der Waals surface area contributed by atoms with Gasteiger partial charge < -0.3 is 10.6 Å². The molecule has 1 aromatic carbocycles. The van der Waals surface area contributed by atoms with Crippen LogP contribution in [-0.2, 0) is 10.0 Å². The highest BCUT2D eigenvalue weighted by Crippen LogP contribution is 2.25. The number of rotatable bonds is 7. The Morgan fingerprint density at radius 1 is 0.895 bits per heavy atom. The van der Waals surface area contributed by atoms with Gasteiger partial charge in [0.2, 0.25) is 10.0 Å². The van der Waals surface area contributed by atoms with Crippen molar-refractivity contribution in [2.75, 3.05) is 23.7 Å². The molecule has 0 bridgehead atoms. The van der Waals surface area contributed by atoms with Gasteiger partial charge in [0.15, 0.2) is 0 Å². The van der Waals surface area contributed by atoms with Crippen LogP contribution in [0.2, 0.25) is 0 Å². The van der Waals surface area contributed by atoms with Gasteiger partial charge in [-0.2, -0.15) is 4.31 Å². The Morgan fingerprint density at radius 2 is 1.71 bits per heavy atom. The van der Waals surface area contributed by atoms with Crippen molar-refractivity contribution in [3.05, 3.63) is 90.8 Å². The van der Waals surface area contributed by atoms with Crippen LogP contribution in [0, 0.1) is 5.82 Å². The summed E-state index contributed by atoms with van der Waals surface area (Å²) < 4.78 is 41.3. The number of pyridine rings is 3. The monoisotopic (exact) mass is 532 g/mol. The second-order valence-corrected chi connectivity index (χ2v) is 10.7. The van der Waals surface area contributed by atoms with Crippen molar-refractivity contribution < 1.29 is 17.6 Å². The summed E-state index contributed by atoms with van der Waals surface area (Å²) in [6.45, 7) is 1.04. The second-order valence-electron chi connectivity index (χ2n) is 8.79. The van der Waals surface area contributed by atoms with Gasteiger partial charge in [-0.1, -0.05) is 24.6 Å². The average Bonchev–Trinajstić information content (AvgIpc) is 2.94. The van der Waals surface area contributed by atoms with E-state index in [1.807, 2.05) is 0 Å². The van der Waals surface area contributed by atoms with Crippen molar-refractivity contribution in [1.82, 2.24) is 19.3 Å². The molecule has 0 unspecified atom stereocenters. The third-order valence-corrected chi connectivity index (χ3v) is 8.03. The lowest BCUT2D eigenvalue weighted by atomic mass is 10.1. The van der Waals surface area contributed by atoms with Crippen molar-refractivity contribution in [2.45, 2.75) is 24.2 Å². The predicted octanol–water partition coefficient (Wildman–Crippen LogP) is 4.85. The second kappa shape index (κ2) is 11.0. The molecule has 1 aliphatic heterocycles. The molecule has 2 N–H and O–H groups in total. The zero-order valence-electron chi connectivity index (χ0n) is 20.3. The zero-order valence-corrected chi connectivity index (χ0v) is 21.2. The number of piperidine rings is 1. The van der Waals surface area contributed by atoms with E-state index in [4.69, 9.17) is 0 Å². The number of halogens is 1. The molecule has 11 heteroatoms. The number of anilines is 3. The SMILES string of the molecule is O=C(Nc1cncc(-c2ccccc2F)c1)c1ccnc(Nc2ccc(S(=O)(=O)N3CCCCC3)cn2)c1. The van der Waals surface area contributed by atoms with E-state index in [2.05, 4.69) is 25.6 Å². The van der Waals surface area contributed by atoms with Crippen LogP contribution >= 0.6 is 0 Å². The lowest BCUT2D eigenvalue weighted by Crippen LogP contribution is -2.35. The molecule has 0 atom stereocenters. The molecular weight excluding hydrogens is 507 g/mol. The van der Waals surface area contributed by atoms with Gasteiger partial charge in [-0.05, 0) is 49.2 Å². The van der Waals surface area contributed by atoms with Gasteiger partial charge in [-0.3, -0.25) is 9.78 Å². The summed E-state index contributed by atoms with van der Waals surface area (Å²) in [5, 5.41) is 5.76. The molecule has 0 aliphatic carbocycles. The normalized spacial score (nSPS) is 14.1. The van der Waals surface area contributed by atoms with Crippen molar-refractivity contribution in [1.29, 1.82) is 0 Å². The van der Waals surface area contributed by atoms with Gasteiger partial charge in [0, 0.05) is 48.4 Å². The van der Waals surface area contributed by atoms with Gasteiger partial charge in [0.1, 0.15) is 22.3 Å². The third-order valence-electron chi connectivity index (χ3n) is 6.15. The summed E-state index contributed by atoms with van der Waals surface area (Å²) in [7, 11) is -3.57. The minimum Gasteiger partial charge on any atom is -0.325 e. The van der Waals surface area contributed by atoms with Crippen LogP contribution in [0.1, 0.15) is 29.6 Å². The first-order chi connectivity index (χ1) is 18.4. The molecule has 0 saturated carbocycles. The van der Waals surface area contributed by atoms with E-state index in [0.29, 0.717) is 47.1 Å². The number of aromatic nitrogens is 3. The van der Waals surface area contributed by atoms with Crippen LogP contribution in [0.3, 0.4) is 0 Å². The van der Waals surface area contributed by atoms with Crippen molar-refractivity contribution >= 4 is 33.3 Å². The van der Waals surface area contributed by atoms with Gasteiger partial charge in [-0.25, -0.2) is 22.8 Å². The Kier molecular flexibility index (Phi) is 7.38. The number of sulfonamides is 1. The van der Waals surface area contributed by atoms with E-state index in [9.17, 15) is 17.6 Å². The first kappa shape index (κ1) is 25.4. The molecule has 9 nitrogen and oxygen atoms in total. The molecule has 194 valence electrons. The maximum absolute atomic E-state index is 14.2. The molecule has 1 fully saturated rings. The zero-order chi connectivity index (χ0) is 26.5. The Bertz CT molecular complexity index is 1560. The van der Waals surface area contributed by atoms with Crippen LogP contribution in [0.15, 0.2) is 84.3 Å². The number of amides is 1. The molecular formula is C27H25FN6O3S. The maximum atomic E-state index is 14.2. The summed E-state index contributed by atoms with van der Waals surface area (Å²) in [5.74, 6) is -0.0447. The van der Waals surface area contributed by atoms with Gasteiger partial charge >= 0.3 is 0 Å². The lowest BCUT2D eigenvalue weighted by Gasteiger charge is -2.25. The van der Waals surface area contributed by atoms with Gasteiger partial charge in [-0.15, -0.1) is 0 Å². The Morgan fingerprint density at radius 3 is 2.47 bits per heavy atom. The smallest absolute Gasteiger partial charge is 0.255 e. The number of nitrogens with zero attached hydrogens (tertiary/aromatic N) is 4. The molecule has 0 radical (unpaired) electrons. The maximum Gasteiger partial charge on any atom is 0.255 e. The van der Waals surface area contributed by atoms with E-state index in [0.717, 1.165) is 19.3 Å². The van der Waals surface area contributed by atoms with E-state index >= 15 is 0 Å². The average molecular weight is 533 g/mol. The molecule has 38 heavy (non-hydrogen) atoms. The summed E-state index contributed by atoms with van der Waals surface area (Å²) >= 11 is 0. The standard InChI is InChI=1S/C27H25FN6O3S/c28-24-7-3-2-6-23(24)20-14-21(17-29-16-20)32-27(35)19-10-11-30-26(15-19)33-25-9-8-22(18-31-25)38(36,37)34-12-4-1-5-13-34/h2-3,6-11,14-18H,1,4-5,12-13H2,(H,32,35)(H,30,31,33). The van der Waals surface area contributed by atoms with Crippen molar-refractivity contribution in [3.63, 3.8) is 0 Å². The highest BCUT2D eigenvalue weighted by molar-refractivity contribution is 7.89. The number of nitrogens with one attached hydrogen (secondary N) is 2. The van der Waals surface area contributed by atoms with Crippen molar-refractivity contribution in [3.8, 4) is 11.1 Å². The first-order valence-electron chi connectivity index (χ1n) is 12.1. The topological polar surface area (TPSA) is 117 Å². The van der Waals surface area contributed by atoms with E-state index in [1.54, 1.807) is 42.5 Å². The van der Waals surface area contributed by atoms with E-state index in [-0.39, 0.29) is 10.7 Å². The van der Waals surface area contributed by atoms with Crippen LogP contribution in [0.25, 0.3) is 11.1 Å². The largest absolute Gasteiger partial charge is 0.325 e. The van der Waals surface area contributed by atoms with Crippen LogP contribution in [0.4, 0.5) is 21.7 Å². The van der Waals surface area contributed by atoms with E-state index < -0.39 is 15.9 Å². The number of carbonyl (C=O) groups is 1.